The van der Waals surface area contributed by atoms with Crippen molar-refractivity contribution in [3.05, 3.63) is 65.2 Å². The number of rotatable bonds is 8. The van der Waals surface area contributed by atoms with Crippen molar-refractivity contribution in [2.24, 2.45) is 0 Å². The van der Waals surface area contributed by atoms with Crippen LogP contribution in [0.2, 0.25) is 0 Å². The molecule has 5 heteroatoms. The van der Waals surface area contributed by atoms with Crippen LogP contribution in [-0.4, -0.2) is 30.1 Å². The largest absolute Gasteiger partial charge is 0.482 e. The number of benzene rings is 2. The van der Waals surface area contributed by atoms with Crippen molar-refractivity contribution in [2.75, 3.05) is 13.2 Å². The molecule has 126 valence electrons. The van der Waals surface area contributed by atoms with Gasteiger partial charge in [0.15, 0.2) is 6.61 Å². The van der Waals surface area contributed by atoms with E-state index in [1.54, 1.807) is 18.2 Å². The quantitative estimate of drug-likeness (QED) is 0.781. The lowest BCUT2D eigenvalue weighted by Crippen LogP contribution is -2.25. The lowest BCUT2D eigenvalue weighted by Gasteiger charge is -2.08. The van der Waals surface area contributed by atoms with Gasteiger partial charge in [-0.25, -0.2) is 4.79 Å². The van der Waals surface area contributed by atoms with E-state index in [9.17, 15) is 9.59 Å². The molecule has 0 saturated heterocycles. The fourth-order valence-corrected chi connectivity index (χ4v) is 2.24. The van der Waals surface area contributed by atoms with Gasteiger partial charge in [0.2, 0.25) is 0 Å². The van der Waals surface area contributed by atoms with Crippen LogP contribution in [0.4, 0.5) is 0 Å². The summed E-state index contributed by atoms with van der Waals surface area (Å²) in [5.41, 5.74) is 2.91. The van der Waals surface area contributed by atoms with Gasteiger partial charge < -0.3 is 15.2 Å². The number of ether oxygens (including phenoxy) is 1. The summed E-state index contributed by atoms with van der Waals surface area (Å²) >= 11 is 0. The molecule has 0 heterocycles. The molecule has 2 aromatic carbocycles. The Morgan fingerprint density at radius 2 is 1.79 bits per heavy atom. The molecule has 0 atom stereocenters. The Kier molecular flexibility index (Phi) is 6.37. The Bertz CT molecular complexity index is 695. The van der Waals surface area contributed by atoms with E-state index in [1.807, 2.05) is 0 Å². The molecule has 0 fully saturated rings. The average Bonchev–Trinajstić information content (AvgIpc) is 2.60. The van der Waals surface area contributed by atoms with Gasteiger partial charge in [-0.3, -0.25) is 4.79 Å². The third-order valence-corrected chi connectivity index (χ3v) is 3.59. The Morgan fingerprint density at radius 1 is 1.08 bits per heavy atom. The summed E-state index contributed by atoms with van der Waals surface area (Å²) < 4.78 is 5.07. The Hall–Kier alpha value is -2.82. The Labute approximate surface area is 141 Å². The highest BCUT2D eigenvalue weighted by atomic mass is 16.5. The molecular weight excluding hydrogens is 306 g/mol. The molecule has 0 spiro atoms. The van der Waals surface area contributed by atoms with Crippen LogP contribution in [0.3, 0.4) is 0 Å². The molecule has 0 bridgehead atoms. The van der Waals surface area contributed by atoms with Crippen LogP contribution in [0.15, 0.2) is 48.5 Å². The van der Waals surface area contributed by atoms with Crippen LogP contribution in [0, 0.1) is 0 Å². The van der Waals surface area contributed by atoms with Gasteiger partial charge in [0.25, 0.3) is 5.91 Å². The number of carbonyl (C=O) groups is 2. The highest BCUT2D eigenvalue weighted by molar-refractivity contribution is 5.94. The summed E-state index contributed by atoms with van der Waals surface area (Å²) in [6.45, 7) is 2.22. The van der Waals surface area contributed by atoms with Crippen LogP contribution < -0.4 is 10.1 Å². The first-order valence-corrected chi connectivity index (χ1v) is 7.89. The van der Waals surface area contributed by atoms with E-state index < -0.39 is 12.6 Å². The van der Waals surface area contributed by atoms with Crippen molar-refractivity contribution >= 4 is 11.9 Å². The number of carboxylic acid groups (broad SMARTS) is 1. The predicted octanol–water partition coefficient (Wildman–Crippen LogP) is 2.68. The summed E-state index contributed by atoms with van der Waals surface area (Å²) in [6, 6.07) is 14.8. The maximum absolute atomic E-state index is 12.1. The van der Waals surface area contributed by atoms with Gasteiger partial charge in [0.05, 0.1) is 0 Å². The number of nitrogens with one attached hydrogen (secondary N) is 1. The molecule has 0 aromatic heterocycles. The lowest BCUT2D eigenvalue weighted by atomic mass is 10.1. The molecular formula is C19H21NO4. The highest BCUT2D eigenvalue weighted by Crippen LogP contribution is 2.13. The molecule has 1 amide bonds. The topological polar surface area (TPSA) is 75.6 Å². The molecule has 0 aliphatic carbocycles. The number of hydrogen-bond acceptors (Lipinski definition) is 3. The van der Waals surface area contributed by atoms with Crippen LogP contribution in [0.25, 0.3) is 0 Å². The highest BCUT2D eigenvalue weighted by Gasteiger charge is 2.07. The van der Waals surface area contributed by atoms with Gasteiger partial charge in [0.1, 0.15) is 5.75 Å². The van der Waals surface area contributed by atoms with E-state index >= 15 is 0 Å². The van der Waals surface area contributed by atoms with Crippen molar-refractivity contribution in [2.45, 2.75) is 19.8 Å². The van der Waals surface area contributed by atoms with Crippen molar-refractivity contribution in [1.82, 2.24) is 5.32 Å². The lowest BCUT2D eigenvalue weighted by molar-refractivity contribution is -0.139. The SMILES string of the molecule is CCc1ccc(CCNC(=O)c2cccc(OCC(=O)O)c2)cc1. The zero-order chi connectivity index (χ0) is 17.4. The number of hydrogen-bond donors (Lipinski definition) is 2. The molecule has 2 rings (SSSR count). The van der Waals surface area contributed by atoms with E-state index in [2.05, 4.69) is 36.5 Å². The van der Waals surface area contributed by atoms with Gasteiger partial charge in [0, 0.05) is 12.1 Å². The van der Waals surface area contributed by atoms with Crippen LogP contribution in [0.5, 0.6) is 5.75 Å². The third-order valence-electron chi connectivity index (χ3n) is 3.59. The minimum atomic E-state index is -1.06. The van der Waals surface area contributed by atoms with Crippen molar-refractivity contribution < 1.29 is 19.4 Å². The molecule has 24 heavy (non-hydrogen) atoms. The van der Waals surface area contributed by atoms with E-state index in [1.165, 1.54) is 17.2 Å². The summed E-state index contributed by atoms with van der Waals surface area (Å²) in [7, 11) is 0. The number of aliphatic carboxylic acids is 1. The molecule has 0 saturated carbocycles. The first kappa shape index (κ1) is 17.5. The van der Waals surface area contributed by atoms with E-state index in [-0.39, 0.29) is 5.91 Å². The van der Waals surface area contributed by atoms with Gasteiger partial charge >= 0.3 is 5.97 Å². The number of carbonyl (C=O) groups excluding carboxylic acids is 1. The zero-order valence-corrected chi connectivity index (χ0v) is 13.6. The van der Waals surface area contributed by atoms with E-state index in [4.69, 9.17) is 9.84 Å². The molecule has 0 aliphatic heterocycles. The predicted molar refractivity (Wildman–Crippen MR) is 91.4 cm³/mol. The van der Waals surface area contributed by atoms with Gasteiger partial charge in [-0.15, -0.1) is 0 Å². The fourth-order valence-electron chi connectivity index (χ4n) is 2.24. The Balaban J connectivity index is 1.85. The van der Waals surface area contributed by atoms with Gasteiger partial charge in [-0.1, -0.05) is 37.3 Å². The summed E-state index contributed by atoms with van der Waals surface area (Å²) in [5, 5.41) is 11.5. The minimum absolute atomic E-state index is 0.207. The maximum atomic E-state index is 12.1. The first-order chi connectivity index (χ1) is 11.6. The minimum Gasteiger partial charge on any atom is -0.482 e. The molecule has 0 radical (unpaired) electrons. The summed E-state index contributed by atoms with van der Waals surface area (Å²) in [5.74, 6) is -0.903. The molecule has 5 nitrogen and oxygen atoms in total. The standard InChI is InChI=1S/C19H21NO4/c1-2-14-6-8-15(9-7-14)10-11-20-19(23)16-4-3-5-17(12-16)24-13-18(21)22/h3-9,12H,2,10-11,13H2,1H3,(H,20,23)(H,21,22). The summed E-state index contributed by atoms with van der Waals surface area (Å²) in [4.78, 5) is 22.6. The number of carboxylic acids is 1. The van der Waals surface area contributed by atoms with Crippen LogP contribution >= 0.6 is 0 Å². The van der Waals surface area contributed by atoms with E-state index in [0.717, 1.165) is 12.8 Å². The van der Waals surface area contributed by atoms with Crippen molar-refractivity contribution in [1.29, 1.82) is 0 Å². The second-order valence-corrected chi connectivity index (χ2v) is 5.39. The van der Waals surface area contributed by atoms with Gasteiger partial charge in [-0.05, 0) is 42.2 Å². The molecule has 2 N–H and O–H groups in total. The first-order valence-electron chi connectivity index (χ1n) is 7.89. The van der Waals surface area contributed by atoms with Crippen molar-refractivity contribution in [3.63, 3.8) is 0 Å². The zero-order valence-electron chi connectivity index (χ0n) is 13.6. The maximum Gasteiger partial charge on any atom is 0.341 e. The number of aryl methyl sites for hydroxylation is 1. The summed E-state index contributed by atoms with van der Waals surface area (Å²) in [6.07, 6.45) is 1.77. The Morgan fingerprint density at radius 3 is 2.46 bits per heavy atom. The van der Waals surface area contributed by atoms with E-state index in [0.29, 0.717) is 17.9 Å². The second-order valence-electron chi connectivity index (χ2n) is 5.39. The van der Waals surface area contributed by atoms with Crippen LogP contribution in [-0.2, 0) is 17.6 Å². The monoisotopic (exact) mass is 327 g/mol. The van der Waals surface area contributed by atoms with Crippen molar-refractivity contribution in [3.8, 4) is 5.75 Å². The van der Waals surface area contributed by atoms with Crippen LogP contribution in [0.1, 0.15) is 28.4 Å². The third kappa shape index (κ3) is 5.43. The molecule has 0 unspecified atom stereocenters. The smallest absolute Gasteiger partial charge is 0.341 e. The molecule has 2 aromatic rings. The fraction of sp³-hybridized carbons (Fsp3) is 0.263. The number of amides is 1. The second kappa shape index (κ2) is 8.72. The molecule has 0 aliphatic rings. The van der Waals surface area contributed by atoms with Gasteiger partial charge in [-0.2, -0.15) is 0 Å². The normalized spacial score (nSPS) is 10.2. The average molecular weight is 327 g/mol.